The number of hydrogen-bond donors (Lipinski definition) is 1. The molecule has 2 aliphatic rings. The molecule has 0 saturated heterocycles. The number of carbonyl (C=O) groups excluding carboxylic acids is 2. The maximum absolute atomic E-state index is 12.0. The van der Waals surface area contributed by atoms with Gasteiger partial charge in [0.2, 0.25) is 5.12 Å². The van der Waals surface area contributed by atoms with E-state index in [-0.39, 0.29) is 16.8 Å². The molecule has 1 aliphatic heterocycles. The predicted octanol–water partition coefficient (Wildman–Crippen LogP) is 3.39. The van der Waals surface area contributed by atoms with Gasteiger partial charge in [-0.2, -0.15) is 0 Å². The molecule has 0 aromatic rings. The van der Waals surface area contributed by atoms with E-state index in [1.54, 1.807) is 0 Å². The zero-order valence-electron chi connectivity index (χ0n) is 10.6. The SMILES string of the molecule is O=C1SCC(O)=C1CCCC(=O)C1CCCCC1. The minimum Gasteiger partial charge on any atom is -0.511 e. The molecule has 1 N–H and O–H groups in total. The highest BCUT2D eigenvalue weighted by molar-refractivity contribution is 8.14. The lowest BCUT2D eigenvalue weighted by atomic mass is 9.84. The average molecular weight is 268 g/mol. The van der Waals surface area contributed by atoms with E-state index in [1.165, 1.54) is 19.3 Å². The Labute approximate surface area is 112 Å². The molecular weight excluding hydrogens is 248 g/mol. The first kappa shape index (κ1) is 13.7. The van der Waals surface area contributed by atoms with E-state index in [2.05, 4.69) is 0 Å². The summed E-state index contributed by atoms with van der Waals surface area (Å²) in [5.74, 6) is 1.24. The van der Waals surface area contributed by atoms with Gasteiger partial charge in [-0.05, 0) is 25.7 Å². The highest BCUT2D eigenvalue weighted by Gasteiger charge is 2.24. The third kappa shape index (κ3) is 3.37. The maximum Gasteiger partial charge on any atom is 0.219 e. The average Bonchev–Trinajstić information content (AvgIpc) is 2.71. The second kappa shape index (κ2) is 6.41. The molecule has 3 nitrogen and oxygen atoms in total. The van der Waals surface area contributed by atoms with Gasteiger partial charge in [-0.3, -0.25) is 9.59 Å². The second-order valence-corrected chi connectivity index (χ2v) is 6.10. The van der Waals surface area contributed by atoms with Crippen molar-refractivity contribution >= 4 is 22.7 Å². The van der Waals surface area contributed by atoms with Crippen molar-refractivity contribution in [3.8, 4) is 0 Å². The van der Waals surface area contributed by atoms with Gasteiger partial charge in [0.15, 0.2) is 0 Å². The fourth-order valence-electron chi connectivity index (χ4n) is 2.74. The Balaban J connectivity index is 1.73. The van der Waals surface area contributed by atoms with Crippen molar-refractivity contribution in [1.29, 1.82) is 0 Å². The normalized spacial score (nSPS) is 21.7. The molecule has 0 spiro atoms. The summed E-state index contributed by atoms with van der Waals surface area (Å²) in [6, 6.07) is 0. The fraction of sp³-hybridized carbons (Fsp3) is 0.714. The van der Waals surface area contributed by atoms with Gasteiger partial charge in [0.1, 0.15) is 11.5 Å². The zero-order valence-corrected chi connectivity index (χ0v) is 11.4. The van der Waals surface area contributed by atoms with Crippen LogP contribution in [-0.2, 0) is 9.59 Å². The van der Waals surface area contributed by atoms with Crippen molar-refractivity contribution in [3.05, 3.63) is 11.3 Å². The third-order valence-electron chi connectivity index (χ3n) is 3.85. The van der Waals surface area contributed by atoms with Crippen molar-refractivity contribution in [2.24, 2.45) is 5.92 Å². The monoisotopic (exact) mass is 268 g/mol. The molecule has 18 heavy (non-hydrogen) atoms. The van der Waals surface area contributed by atoms with E-state index in [0.29, 0.717) is 36.4 Å². The number of aliphatic hydroxyl groups is 1. The van der Waals surface area contributed by atoms with Crippen molar-refractivity contribution in [3.63, 3.8) is 0 Å². The van der Waals surface area contributed by atoms with E-state index in [4.69, 9.17) is 0 Å². The number of aliphatic hydroxyl groups excluding tert-OH is 1. The van der Waals surface area contributed by atoms with Crippen molar-refractivity contribution in [2.75, 3.05) is 5.75 Å². The molecule has 0 unspecified atom stereocenters. The van der Waals surface area contributed by atoms with Gasteiger partial charge in [0.05, 0.1) is 5.75 Å². The number of Topliss-reactive ketones (excluding diaryl/α,β-unsaturated/α-hetero) is 1. The van der Waals surface area contributed by atoms with Crippen molar-refractivity contribution < 1.29 is 14.7 Å². The Morgan fingerprint density at radius 1 is 1.28 bits per heavy atom. The van der Waals surface area contributed by atoms with Crippen LogP contribution < -0.4 is 0 Å². The number of ketones is 1. The predicted molar refractivity (Wildman–Crippen MR) is 72.6 cm³/mol. The molecule has 1 heterocycles. The molecule has 1 saturated carbocycles. The molecule has 100 valence electrons. The third-order valence-corrected chi connectivity index (χ3v) is 4.77. The standard InChI is InChI=1S/C14H20O3S/c15-12(10-5-2-1-3-6-10)8-4-7-11-13(16)9-18-14(11)17/h10,16H,1-9H2. The first-order chi connectivity index (χ1) is 8.68. The van der Waals surface area contributed by atoms with Gasteiger partial charge in [0.25, 0.3) is 0 Å². The molecule has 2 rings (SSSR count). The van der Waals surface area contributed by atoms with Gasteiger partial charge in [-0.25, -0.2) is 0 Å². The summed E-state index contributed by atoms with van der Waals surface area (Å²) in [4.78, 5) is 23.4. The summed E-state index contributed by atoms with van der Waals surface area (Å²) in [5.41, 5.74) is 0.538. The lowest BCUT2D eigenvalue weighted by molar-refractivity contribution is -0.124. The quantitative estimate of drug-likeness (QED) is 0.830. The van der Waals surface area contributed by atoms with Gasteiger partial charge >= 0.3 is 0 Å². The minimum atomic E-state index is -0.0161. The summed E-state index contributed by atoms with van der Waals surface area (Å²) in [7, 11) is 0. The molecule has 0 radical (unpaired) electrons. The van der Waals surface area contributed by atoms with Crippen molar-refractivity contribution in [2.45, 2.75) is 51.4 Å². The van der Waals surface area contributed by atoms with Crippen LogP contribution in [0.3, 0.4) is 0 Å². The fourth-order valence-corrected chi connectivity index (χ4v) is 3.58. The van der Waals surface area contributed by atoms with Crippen LogP contribution in [-0.4, -0.2) is 21.8 Å². The Bertz CT molecular complexity index is 367. The van der Waals surface area contributed by atoms with E-state index < -0.39 is 0 Å². The smallest absolute Gasteiger partial charge is 0.219 e. The number of carbonyl (C=O) groups is 2. The van der Waals surface area contributed by atoms with Crippen LogP contribution in [0.4, 0.5) is 0 Å². The van der Waals surface area contributed by atoms with Crippen molar-refractivity contribution in [1.82, 2.24) is 0 Å². The van der Waals surface area contributed by atoms with Gasteiger partial charge in [0, 0.05) is 17.9 Å². The molecule has 0 atom stereocenters. The highest BCUT2D eigenvalue weighted by Crippen LogP contribution is 2.29. The van der Waals surface area contributed by atoms with Crippen LogP contribution >= 0.6 is 11.8 Å². The van der Waals surface area contributed by atoms with E-state index in [1.807, 2.05) is 0 Å². The van der Waals surface area contributed by atoms with Gasteiger partial charge in [-0.15, -0.1) is 0 Å². The summed E-state index contributed by atoms with van der Waals surface area (Å²) in [5, 5.41) is 9.51. The molecule has 1 fully saturated rings. The lowest BCUT2D eigenvalue weighted by Crippen LogP contribution is -2.17. The Kier molecular flexibility index (Phi) is 4.87. The molecule has 0 aromatic carbocycles. The topological polar surface area (TPSA) is 54.4 Å². The first-order valence-corrected chi connectivity index (χ1v) is 7.78. The van der Waals surface area contributed by atoms with Crippen LogP contribution in [0.5, 0.6) is 0 Å². The summed E-state index contributed by atoms with van der Waals surface area (Å²) < 4.78 is 0. The van der Waals surface area contributed by atoms with Gasteiger partial charge < -0.3 is 5.11 Å². The summed E-state index contributed by atoms with van der Waals surface area (Å²) in [6.45, 7) is 0. The van der Waals surface area contributed by atoms with Crippen LogP contribution in [0.1, 0.15) is 51.4 Å². The molecular formula is C14H20O3S. The Hall–Kier alpha value is -0.770. The first-order valence-electron chi connectivity index (χ1n) is 6.79. The lowest BCUT2D eigenvalue weighted by Gasteiger charge is -2.20. The molecule has 1 aliphatic carbocycles. The number of hydrogen-bond acceptors (Lipinski definition) is 4. The second-order valence-electron chi connectivity index (χ2n) is 5.16. The van der Waals surface area contributed by atoms with Gasteiger partial charge in [-0.1, -0.05) is 31.0 Å². The number of thioether (sulfide) groups is 1. The van der Waals surface area contributed by atoms with E-state index in [9.17, 15) is 14.7 Å². The maximum atomic E-state index is 12.0. The van der Waals surface area contributed by atoms with Crippen LogP contribution in [0.25, 0.3) is 0 Å². The highest BCUT2D eigenvalue weighted by atomic mass is 32.2. The minimum absolute atomic E-state index is 0.0161. The largest absolute Gasteiger partial charge is 0.511 e. The van der Waals surface area contributed by atoms with Crippen LogP contribution in [0, 0.1) is 5.92 Å². The Morgan fingerprint density at radius 2 is 2.00 bits per heavy atom. The van der Waals surface area contributed by atoms with Crippen LogP contribution in [0.2, 0.25) is 0 Å². The molecule has 0 amide bonds. The number of rotatable bonds is 5. The van der Waals surface area contributed by atoms with Crippen LogP contribution in [0.15, 0.2) is 11.3 Å². The molecule has 0 bridgehead atoms. The summed E-state index contributed by atoms with van der Waals surface area (Å²) >= 11 is 1.15. The molecule has 0 aromatic heterocycles. The zero-order chi connectivity index (χ0) is 13.0. The van der Waals surface area contributed by atoms with E-state index in [0.717, 1.165) is 24.6 Å². The van der Waals surface area contributed by atoms with E-state index >= 15 is 0 Å². The summed E-state index contributed by atoms with van der Waals surface area (Å²) in [6.07, 6.45) is 7.50. The Morgan fingerprint density at radius 3 is 2.61 bits per heavy atom. The molecule has 4 heteroatoms.